The Balaban J connectivity index is 0.972. The fourth-order valence-corrected chi connectivity index (χ4v) is 9.72. The maximum absolute atomic E-state index is 13.9. The molecule has 2 aromatic heterocycles. The Labute approximate surface area is 344 Å². The molecule has 5 atom stereocenters. The summed E-state index contributed by atoms with van der Waals surface area (Å²) in [5.41, 5.74) is 6.57. The van der Waals surface area contributed by atoms with Gasteiger partial charge in [-0.2, -0.15) is 0 Å². The fraction of sp³-hybridized carbons (Fsp3) is 0.500. The number of amides is 3. The Morgan fingerprint density at radius 2 is 1.69 bits per heavy atom. The second-order valence-corrected chi connectivity index (χ2v) is 17.9. The summed E-state index contributed by atoms with van der Waals surface area (Å²) < 4.78 is 17.1. The number of imidazole rings is 2. The monoisotopic (exact) mass is 801 g/mol. The predicted octanol–water partition coefficient (Wildman–Crippen LogP) is 8.07. The minimum atomic E-state index is -0.698. The number of aromatic nitrogens is 4. The lowest BCUT2D eigenvalue weighted by Crippen LogP contribution is -2.51. The van der Waals surface area contributed by atoms with Crippen molar-refractivity contribution in [3.8, 4) is 28.1 Å². The molecule has 4 aliphatic heterocycles. The van der Waals surface area contributed by atoms with Crippen molar-refractivity contribution < 1.29 is 28.6 Å². The van der Waals surface area contributed by atoms with E-state index in [9.17, 15) is 14.4 Å². The van der Waals surface area contributed by atoms with Crippen LogP contribution in [0.25, 0.3) is 44.2 Å². The third kappa shape index (κ3) is 7.00. The van der Waals surface area contributed by atoms with Crippen molar-refractivity contribution >= 4 is 39.7 Å². The second kappa shape index (κ2) is 15.3. The molecule has 6 heterocycles. The molecule has 3 N–H and O–H groups in total. The molecule has 310 valence electrons. The minimum Gasteiger partial charge on any atom is -0.486 e. The van der Waals surface area contributed by atoms with E-state index in [4.69, 9.17) is 24.2 Å². The average molecular weight is 802 g/mol. The van der Waals surface area contributed by atoms with Gasteiger partial charge in [-0.3, -0.25) is 9.59 Å². The third-order valence-electron chi connectivity index (χ3n) is 13.4. The van der Waals surface area contributed by atoms with Gasteiger partial charge in [0.05, 0.1) is 42.5 Å². The van der Waals surface area contributed by atoms with Crippen molar-refractivity contribution in [1.29, 1.82) is 0 Å². The molecule has 3 amide bonds. The van der Waals surface area contributed by atoms with Gasteiger partial charge in [-0.05, 0) is 84.7 Å². The number of nitrogens with one attached hydrogen (secondary N) is 3. The zero-order valence-corrected chi connectivity index (χ0v) is 34.9. The van der Waals surface area contributed by atoms with Gasteiger partial charge in [-0.15, -0.1) is 0 Å². The number of ether oxygens (including phenoxy) is 3. The standard InChI is InChI=1S/C46H55N7O6/c1-25(2)27(5)43(54)53-23-46(16-8-18-58-24-46)21-36(53)42-47-33-15-12-30-19-28(10-13-31(30)39(33)49-42)29-11-14-32-37(20-29)59-22-34-40(32)50-41(48-34)35-9-7-17-52(35)44(55)38(26(3)4)51-45(56)57-6/h10-15,19-20,25-27,35-36,38H,7-9,16-18,21-24H2,1-6H3,(H,47,49)(H,48,50)(H,51,56)/t27-,35-,36-,38-,46-/m0/s1. The number of methoxy groups -OCH3 is 1. The number of H-pyrrole nitrogens is 2. The molecule has 3 aromatic carbocycles. The highest BCUT2D eigenvalue weighted by Gasteiger charge is 2.49. The van der Waals surface area contributed by atoms with Gasteiger partial charge in [0.1, 0.15) is 35.7 Å². The van der Waals surface area contributed by atoms with Crippen molar-refractivity contribution in [2.24, 2.45) is 23.2 Å². The molecule has 59 heavy (non-hydrogen) atoms. The molecule has 0 aliphatic carbocycles. The number of rotatable bonds is 8. The van der Waals surface area contributed by atoms with Crippen LogP contribution in [0, 0.1) is 23.2 Å². The van der Waals surface area contributed by atoms with Crippen LogP contribution in [0.15, 0.2) is 48.5 Å². The van der Waals surface area contributed by atoms with E-state index in [1.165, 1.54) is 7.11 Å². The molecule has 3 fully saturated rings. The first-order chi connectivity index (χ1) is 28.4. The Morgan fingerprint density at radius 1 is 0.898 bits per heavy atom. The average Bonchev–Trinajstić information content (AvgIpc) is 4.06. The normalized spacial score (nSPS) is 22.5. The van der Waals surface area contributed by atoms with Crippen LogP contribution in [0.1, 0.15) is 96.1 Å². The van der Waals surface area contributed by atoms with Gasteiger partial charge < -0.3 is 39.3 Å². The van der Waals surface area contributed by atoms with E-state index in [1.807, 2.05) is 25.7 Å². The van der Waals surface area contributed by atoms with Crippen molar-refractivity contribution in [1.82, 2.24) is 35.1 Å². The van der Waals surface area contributed by atoms with Crippen LogP contribution in [-0.4, -0.2) is 87.1 Å². The molecule has 0 radical (unpaired) electrons. The summed E-state index contributed by atoms with van der Waals surface area (Å²) in [6.45, 7) is 13.2. The number of aromatic amines is 2. The molecule has 9 rings (SSSR count). The largest absolute Gasteiger partial charge is 0.486 e. The minimum absolute atomic E-state index is 0.0361. The number of benzene rings is 3. The molecular weight excluding hydrogens is 747 g/mol. The van der Waals surface area contributed by atoms with E-state index in [1.54, 1.807) is 0 Å². The Morgan fingerprint density at radius 3 is 2.46 bits per heavy atom. The molecule has 1 spiro atoms. The van der Waals surface area contributed by atoms with Crippen LogP contribution in [0.3, 0.4) is 0 Å². The molecule has 4 aliphatic rings. The molecule has 0 saturated carbocycles. The molecule has 13 nitrogen and oxygen atoms in total. The van der Waals surface area contributed by atoms with Gasteiger partial charge >= 0.3 is 6.09 Å². The number of nitrogens with zero attached hydrogens (tertiary/aromatic N) is 4. The van der Waals surface area contributed by atoms with Gasteiger partial charge in [0, 0.05) is 42.0 Å². The lowest BCUT2D eigenvalue weighted by atomic mass is 9.80. The lowest BCUT2D eigenvalue weighted by Gasteiger charge is -2.33. The zero-order chi connectivity index (χ0) is 41.2. The Bertz CT molecular complexity index is 2430. The van der Waals surface area contributed by atoms with Crippen LogP contribution in [0.5, 0.6) is 5.75 Å². The van der Waals surface area contributed by atoms with Crippen molar-refractivity contribution in [2.75, 3.05) is 33.4 Å². The van der Waals surface area contributed by atoms with E-state index in [0.717, 1.165) is 106 Å². The van der Waals surface area contributed by atoms with Crippen molar-refractivity contribution in [3.05, 3.63) is 65.9 Å². The van der Waals surface area contributed by atoms with Crippen molar-refractivity contribution in [2.45, 2.75) is 91.5 Å². The number of hydrogen-bond donors (Lipinski definition) is 3. The van der Waals surface area contributed by atoms with Crippen molar-refractivity contribution in [3.63, 3.8) is 0 Å². The van der Waals surface area contributed by atoms with E-state index >= 15 is 0 Å². The summed E-state index contributed by atoms with van der Waals surface area (Å²) >= 11 is 0. The third-order valence-corrected chi connectivity index (χ3v) is 13.4. The summed E-state index contributed by atoms with van der Waals surface area (Å²) in [7, 11) is 1.30. The number of carbonyl (C=O) groups excluding carboxylic acids is 3. The summed E-state index contributed by atoms with van der Waals surface area (Å²) in [5, 5.41) is 4.89. The predicted molar refractivity (Wildman–Crippen MR) is 224 cm³/mol. The first-order valence-electron chi connectivity index (χ1n) is 21.3. The Kier molecular flexibility index (Phi) is 10.1. The van der Waals surface area contributed by atoms with Gasteiger partial charge in [0.15, 0.2) is 0 Å². The van der Waals surface area contributed by atoms with Gasteiger partial charge in [-0.25, -0.2) is 14.8 Å². The van der Waals surface area contributed by atoms with Gasteiger partial charge in [0.25, 0.3) is 0 Å². The van der Waals surface area contributed by atoms with Crippen LogP contribution in [-0.2, 0) is 25.7 Å². The molecule has 3 saturated heterocycles. The van der Waals surface area contributed by atoms with E-state index in [2.05, 4.69) is 82.6 Å². The molecule has 13 heteroatoms. The number of alkyl carbamates (subject to hydrolysis) is 1. The number of fused-ring (bicyclic) bond motifs is 6. The highest BCUT2D eigenvalue weighted by Crippen LogP contribution is 2.48. The maximum Gasteiger partial charge on any atom is 0.407 e. The molecule has 5 aromatic rings. The van der Waals surface area contributed by atoms with Gasteiger partial charge in [-0.1, -0.05) is 58.9 Å². The fourth-order valence-electron chi connectivity index (χ4n) is 9.72. The molecule has 0 unspecified atom stereocenters. The maximum atomic E-state index is 13.9. The highest BCUT2D eigenvalue weighted by atomic mass is 16.5. The highest BCUT2D eigenvalue weighted by molar-refractivity contribution is 6.05. The van der Waals surface area contributed by atoms with Crippen LogP contribution < -0.4 is 10.1 Å². The smallest absolute Gasteiger partial charge is 0.407 e. The van der Waals surface area contributed by atoms with Crippen LogP contribution >= 0.6 is 0 Å². The second-order valence-electron chi connectivity index (χ2n) is 17.9. The van der Waals surface area contributed by atoms with Gasteiger partial charge in [0.2, 0.25) is 11.8 Å². The molecular formula is C46H55N7O6. The number of likely N-dealkylation sites (tertiary alicyclic amines) is 2. The first kappa shape index (κ1) is 39.1. The summed E-state index contributed by atoms with van der Waals surface area (Å²) in [6, 6.07) is 15.9. The van der Waals surface area contributed by atoms with Crippen LogP contribution in [0.2, 0.25) is 0 Å². The zero-order valence-electron chi connectivity index (χ0n) is 34.9. The Hall–Kier alpha value is -5.43. The topological polar surface area (TPSA) is 155 Å². The SMILES string of the molecule is COC(=O)N[C@H](C(=O)N1CCC[C@H]1c1nc2c([nH]1)-c1ccc(-c3ccc4c(ccc5nc([C@@H]6C[C@@]7(CCCOC7)CN6C(=O)[C@@H](C)C(C)C)[nH]c54)c3)cc1OC2)C(C)C. The number of hydrogen-bond acceptors (Lipinski definition) is 8. The summed E-state index contributed by atoms with van der Waals surface area (Å²) in [6.07, 6.45) is 3.92. The first-order valence-corrected chi connectivity index (χ1v) is 21.3. The summed E-state index contributed by atoms with van der Waals surface area (Å²) in [4.78, 5) is 60.9. The van der Waals surface area contributed by atoms with E-state index < -0.39 is 12.1 Å². The molecule has 0 bridgehead atoms. The number of carbonyl (C=O) groups is 3. The quantitative estimate of drug-likeness (QED) is 0.142. The van der Waals surface area contributed by atoms with E-state index in [0.29, 0.717) is 26.3 Å². The van der Waals surface area contributed by atoms with Crippen LogP contribution in [0.4, 0.5) is 4.79 Å². The van der Waals surface area contributed by atoms with E-state index in [-0.39, 0.29) is 47.1 Å². The lowest BCUT2D eigenvalue weighted by molar-refractivity contribution is -0.138. The summed E-state index contributed by atoms with van der Waals surface area (Å²) in [5.74, 6) is 2.46.